The Morgan fingerprint density at radius 2 is 1.91 bits per heavy atom. The molecule has 1 aromatic heterocycles. The van der Waals surface area contributed by atoms with Gasteiger partial charge in [-0.15, -0.1) is 0 Å². The molecule has 1 aromatic carbocycles. The highest BCUT2D eigenvalue weighted by Gasteiger charge is 2.07. The van der Waals surface area contributed by atoms with E-state index in [9.17, 15) is 4.79 Å². The Morgan fingerprint density at radius 1 is 1.18 bits per heavy atom. The summed E-state index contributed by atoms with van der Waals surface area (Å²) in [5, 5.41) is 6.17. The largest absolute Gasteiger partial charge is 0.481 e. The van der Waals surface area contributed by atoms with Crippen molar-refractivity contribution in [2.45, 2.75) is 20.4 Å². The molecule has 0 aliphatic rings. The summed E-state index contributed by atoms with van der Waals surface area (Å²) in [7, 11) is 1.60. The fourth-order valence-electron chi connectivity index (χ4n) is 1.86. The zero-order chi connectivity index (χ0) is 15.9. The van der Waals surface area contributed by atoms with E-state index >= 15 is 0 Å². The van der Waals surface area contributed by atoms with E-state index in [2.05, 4.69) is 15.6 Å². The van der Waals surface area contributed by atoms with Crippen LogP contribution in [0.4, 0.5) is 11.4 Å². The van der Waals surface area contributed by atoms with Crippen molar-refractivity contribution in [1.29, 1.82) is 0 Å². The molecule has 0 spiro atoms. The van der Waals surface area contributed by atoms with Crippen molar-refractivity contribution in [3.63, 3.8) is 0 Å². The Bertz CT molecular complexity index is 641. The summed E-state index contributed by atoms with van der Waals surface area (Å²) in [5.74, 6) is 0.557. The first-order valence-electron chi connectivity index (χ1n) is 7.23. The number of benzene rings is 1. The quantitative estimate of drug-likeness (QED) is 0.859. The Kier molecular flexibility index (Phi) is 5.36. The summed E-state index contributed by atoms with van der Waals surface area (Å²) in [5.41, 5.74) is 2.59. The molecule has 0 aliphatic carbocycles. The highest BCUT2D eigenvalue weighted by atomic mass is 16.5. The minimum absolute atomic E-state index is 0.00612. The Labute approximate surface area is 130 Å². The molecule has 2 aromatic rings. The van der Waals surface area contributed by atoms with E-state index in [-0.39, 0.29) is 11.8 Å². The van der Waals surface area contributed by atoms with E-state index < -0.39 is 0 Å². The first-order valence-corrected chi connectivity index (χ1v) is 7.23. The molecule has 0 saturated carbocycles. The molecule has 5 nitrogen and oxygen atoms in total. The Balaban J connectivity index is 1.99. The van der Waals surface area contributed by atoms with Gasteiger partial charge in [0.2, 0.25) is 11.8 Å². The van der Waals surface area contributed by atoms with Crippen LogP contribution < -0.4 is 15.4 Å². The summed E-state index contributed by atoms with van der Waals surface area (Å²) in [6, 6.07) is 13.3. The number of ether oxygens (including phenoxy) is 1. The zero-order valence-electron chi connectivity index (χ0n) is 13.1. The first kappa shape index (κ1) is 15.8. The molecule has 116 valence electrons. The lowest BCUT2D eigenvalue weighted by molar-refractivity contribution is -0.118. The number of pyridine rings is 1. The molecule has 0 unspecified atom stereocenters. The first-order chi connectivity index (χ1) is 10.6. The standard InChI is InChI=1S/C17H21N3O2/c1-12(2)17(21)20-14-7-4-6-13(10-14)18-11-15-8-5-9-16(19-15)22-3/h4-10,12,18H,11H2,1-3H3,(H,20,21). The van der Waals surface area contributed by atoms with Gasteiger partial charge in [0.1, 0.15) is 0 Å². The summed E-state index contributed by atoms with van der Waals surface area (Å²) in [6.45, 7) is 4.32. The minimum atomic E-state index is -0.0439. The van der Waals surface area contributed by atoms with Crippen LogP contribution in [0.15, 0.2) is 42.5 Å². The summed E-state index contributed by atoms with van der Waals surface area (Å²) >= 11 is 0. The molecule has 2 rings (SSSR count). The maximum absolute atomic E-state index is 11.7. The predicted molar refractivity (Wildman–Crippen MR) is 88.0 cm³/mol. The summed E-state index contributed by atoms with van der Waals surface area (Å²) in [4.78, 5) is 16.1. The fourth-order valence-corrected chi connectivity index (χ4v) is 1.86. The lowest BCUT2D eigenvalue weighted by atomic mass is 10.2. The summed E-state index contributed by atoms with van der Waals surface area (Å²) in [6.07, 6.45) is 0. The number of hydrogen-bond donors (Lipinski definition) is 2. The number of rotatable bonds is 6. The van der Waals surface area contributed by atoms with Crippen molar-refractivity contribution < 1.29 is 9.53 Å². The van der Waals surface area contributed by atoms with Crippen LogP contribution in [0.3, 0.4) is 0 Å². The lowest BCUT2D eigenvalue weighted by Crippen LogP contribution is -2.17. The van der Waals surface area contributed by atoms with Crippen molar-refractivity contribution in [2.75, 3.05) is 17.7 Å². The highest BCUT2D eigenvalue weighted by molar-refractivity contribution is 5.92. The number of nitrogens with zero attached hydrogens (tertiary/aromatic N) is 1. The molecule has 0 radical (unpaired) electrons. The van der Waals surface area contributed by atoms with Crippen molar-refractivity contribution in [3.05, 3.63) is 48.2 Å². The molecule has 0 aliphatic heterocycles. The van der Waals surface area contributed by atoms with Crippen LogP contribution in [-0.4, -0.2) is 18.0 Å². The molecular formula is C17H21N3O2. The smallest absolute Gasteiger partial charge is 0.226 e. The maximum Gasteiger partial charge on any atom is 0.226 e. The average molecular weight is 299 g/mol. The molecule has 0 bridgehead atoms. The number of amides is 1. The van der Waals surface area contributed by atoms with Crippen LogP contribution in [-0.2, 0) is 11.3 Å². The van der Waals surface area contributed by atoms with Crippen LogP contribution in [0.5, 0.6) is 5.88 Å². The molecule has 2 N–H and O–H groups in total. The van der Waals surface area contributed by atoms with Gasteiger partial charge >= 0.3 is 0 Å². The van der Waals surface area contributed by atoms with Gasteiger partial charge in [-0.25, -0.2) is 4.98 Å². The van der Waals surface area contributed by atoms with Gasteiger partial charge in [0.05, 0.1) is 19.3 Å². The van der Waals surface area contributed by atoms with Gasteiger partial charge < -0.3 is 15.4 Å². The average Bonchev–Trinajstić information content (AvgIpc) is 2.53. The van der Waals surface area contributed by atoms with Gasteiger partial charge in [0.15, 0.2) is 0 Å². The number of carbonyl (C=O) groups excluding carboxylic acids is 1. The zero-order valence-corrected chi connectivity index (χ0v) is 13.1. The second-order valence-corrected chi connectivity index (χ2v) is 5.25. The third-order valence-corrected chi connectivity index (χ3v) is 3.12. The van der Waals surface area contributed by atoms with E-state index in [1.165, 1.54) is 0 Å². The van der Waals surface area contributed by atoms with E-state index in [4.69, 9.17) is 4.74 Å². The predicted octanol–water partition coefficient (Wildman–Crippen LogP) is 3.30. The third-order valence-electron chi connectivity index (χ3n) is 3.12. The van der Waals surface area contributed by atoms with Gasteiger partial charge in [-0.2, -0.15) is 0 Å². The number of hydrogen-bond acceptors (Lipinski definition) is 4. The van der Waals surface area contributed by atoms with Crippen molar-refractivity contribution in [1.82, 2.24) is 4.98 Å². The second-order valence-electron chi connectivity index (χ2n) is 5.25. The normalized spacial score (nSPS) is 10.4. The van der Waals surface area contributed by atoms with Gasteiger partial charge in [-0.05, 0) is 24.3 Å². The SMILES string of the molecule is COc1cccc(CNc2cccc(NC(=O)C(C)C)c2)n1. The van der Waals surface area contributed by atoms with Gasteiger partial charge in [-0.3, -0.25) is 4.79 Å². The molecule has 5 heteroatoms. The van der Waals surface area contributed by atoms with Gasteiger partial charge in [0, 0.05) is 23.4 Å². The second kappa shape index (κ2) is 7.45. The molecule has 0 atom stereocenters. The van der Waals surface area contributed by atoms with Gasteiger partial charge in [-0.1, -0.05) is 26.0 Å². The van der Waals surface area contributed by atoms with E-state index in [0.717, 1.165) is 17.1 Å². The van der Waals surface area contributed by atoms with Crippen LogP contribution in [0.2, 0.25) is 0 Å². The molecular weight excluding hydrogens is 278 g/mol. The third kappa shape index (κ3) is 4.48. The number of nitrogens with one attached hydrogen (secondary N) is 2. The molecule has 22 heavy (non-hydrogen) atoms. The van der Waals surface area contributed by atoms with Crippen LogP contribution in [0.1, 0.15) is 19.5 Å². The number of anilines is 2. The van der Waals surface area contributed by atoms with Crippen LogP contribution in [0.25, 0.3) is 0 Å². The molecule has 1 heterocycles. The van der Waals surface area contributed by atoms with Crippen LogP contribution in [0, 0.1) is 5.92 Å². The number of aromatic nitrogens is 1. The summed E-state index contributed by atoms with van der Waals surface area (Å²) < 4.78 is 5.11. The van der Waals surface area contributed by atoms with Crippen LogP contribution >= 0.6 is 0 Å². The van der Waals surface area contributed by atoms with Crippen molar-refractivity contribution >= 4 is 17.3 Å². The van der Waals surface area contributed by atoms with Gasteiger partial charge in [0.25, 0.3) is 0 Å². The topological polar surface area (TPSA) is 63.2 Å². The monoisotopic (exact) mass is 299 g/mol. The maximum atomic E-state index is 11.7. The highest BCUT2D eigenvalue weighted by Crippen LogP contribution is 2.17. The lowest BCUT2D eigenvalue weighted by Gasteiger charge is -2.11. The number of methoxy groups -OCH3 is 1. The molecule has 0 fully saturated rings. The van der Waals surface area contributed by atoms with Crippen molar-refractivity contribution in [2.24, 2.45) is 5.92 Å². The molecule has 1 amide bonds. The van der Waals surface area contributed by atoms with E-state index in [1.807, 2.05) is 56.3 Å². The molecule has 0 saturated heterocycles. The Morgan fingerprint density at radius 3 is 2.64 bits per heavy atom. The van der Waals surface area contributed by atoms with E-state index in [0.29, 0.717) is 12.4 Å². The van der Waals surface area contributed by atoms with Crippen molar-refractivity contribution in [3.8, 4) is 5.88 Å². The van der Waals surface area contributed by atoms with E-state index in [1.54, 1.807) is 7.11 Å². The fraction of sp³-hybridized carbons (Fsp3) is 0.294. The Hall–Kier alpha value is -2.56. The minimum Gasteiger partial charge on any atom is -0.481 e. The number of carbonyl (C=O) groups is 1.